The summed E-state index contributed by atoms with van der Waals surface area (Å²) in [5.74, 6) is -0.00289. The molecule has 17 heavy (non-hydrogen) atoms. The Hall–Kier alpha value is -1.45. The van der Waals surface area contributed by atoms with Crippen molar-refractivity contribution in [1.82, 2.24) is 0 Å². The highest BCUT2D eigenvalue weighted by Crippen LogP contribution is 2.13. The molecule has 0 saturated carbocycles. The lowest BCUT2D eigenvalue weighted by Gasteiger charge is -2.30. The van der Waals surface area contributed by atoms with Crippen molar-refractivity contribution in [2.45, 2.75) is 13.5 Å². The van der Waals surface area contributed by atoms with Crippen LogP contribution in [0.5, 0.6) is 0 Å². The van der Waals surface area contributed by atoms with Gasteiger partial charge in [0.05, 0.1) is 7.05 Å². The maximum absolute atomic E-state index is 11.5. The van der Waals surface area contributed by atoms with Gasteiger partial charge in [0.25, 0.3) is 0 Å². The van der Waals surface area contributed by atoms with Gasteiger partial charge in [-0.3, -0.25) is 4.79 Å². The van der Waals surface area contributed by atoms with Gasteiger partial charge in [-0.1, -0.05) is 36.9 Å². The SMILES string of the molecule is C=CC(=O)C[N+](C)(Cc1ccccc1)OCC. The average Bonchev–Trinajstić information content (AvgIpc) is 2.30. The summed E-state index contributed by atoms with van der Waals surface area (Å²) in [5.41, 5.74) is 1.15. The Balaban J connectivity index is 2.77. The number of carbonyl (C=O) groups is 1. The molecule has 0 bridgehead atoms. The van der Waals surface area contributed by atoms with Crippen LogP contribution in [0.15, 0.2) is 43.0 Å². The number of benzene rings is 1. The molecule has 0 spiro atoms. The molecule has 1 rings (SSSR count). The second-order valence-corrected chi connectivity index (χ2v) is 4.19. The number of likely N-dealkylation sites (N-methyl/N-ethyl adjacent to an activating group) is 1. The first-order chi connectivity index (χ1) is 8.09. The van der Waals surface area contributed by atoms with Crippen molar-refractivity contribution in [3.63, 3.8) is 0 Å². The lowest BCUT2D eigenvalue weighted by Crippen LogP contribution is -2.46. The molecule has 0 N–H and O–H groups in total. The van der Waals surface area contributed by atoms with E-state index in [0.29, 0.717) is 19.7 Å². The summed E-state index contributed by atoms with van der Waals surface area (Å²) in [4.78, 5) is 17.2. The van der Waals surface area contributed by atoms with E-state index in [-0.39, 0.29) is 10.4 Å². The van der Waals surface area contributed by atoms with Crippen molar-refractivity contribution in [2.24, 2.45) is 0 Å². The van der Waals surface area contributed by atoms with Gasteiger partial charge >= 0.3 is 0 Å². The van der Waals surface area contributed by atoms with E-state index in [9.17, 15) is 4.79 Å². The fraction of sp³-hybridized carbons (Fsp3) is 0.357. The van der Waals surface area contributed by atoms with Crippen molar-refractivity contribution in [3.8, 4) is 0 Å². The number of hydrogen-bond donors (Lipinski definition) is 0. The number of nitrogens with zero attached hydrogens (tertiary/aromatic N) is 1. The highest BCUT2D eigenvalue weighted by molar-refractivity contribution is 5.90. The maximum atomic E-state index is 11.5. The lowest BCUT2D eigenvalue weighted by molar-refractivity contribution is -1.10. The summed E-state index contributed by atoms with van der Waals surface area (Å²) in [7, 11) is 1.91. The fourth-order valence-electron chi connectivity index (χ4n) is 1.82. The van der Waals surface area contributed by atoms with Crippen molar-refractivity contribution in [2.75, 3.05) is 20.2 Å². The van der Waals surface area contributed by atoms with Crippen molar-refractivity contribution >= 4 is 5.78 Å². The Morgan fingerprint density at radius 1 is 1.41 bits per heavy atom. The summed E-state index contributed by atoms with van der Waals surface area (Å²) in [6, 6.07) is 10.0. The van der Waals surface area contributed by atoms with Crippen LogP contribution >= 0.6 is 0 Å². The zero-order valence-corrected chi connectivity index (χ0v) is 10.6. The number of ketones is 1. The van der Waals surface area contributed by atoms with Gasteiger partial charge in [-0.05, 0) is 13.0 Å². The van der Waals surface area contributed by atoms with Gasteiger partial charge in [0, 0.05) is 5.56 Å². The normalized spacial score (nSPS) is 14.0. The monoisotopic (exact) mass is 234 g/mol. The van der Waals surface area contributed by atoms with Gasteiger partial charge in [0.2, 0.25) is 5.78 Å². The number of quaternary nitrogens is 1. The minimum absolute atomic E-state index is 0.00289. The minimum Gasteiger partial charge on any atom is -0.288 e. The molecule has 3 nitrogen and oxygen atoms in total. The molecule has 0 fully saturated rings. The third-order valence-electron chi connectivity index (χ3n) is 2.52. The Labute approximate surface area is 103 Å². The van der Waals surface area contributed by atoms with Crippen LogP contribution in [0, 0.1) is 0 Å². The molecule has 0 saturated heterocycles. The topological polar surface area (TPSA) is 26.3 Å². The van der Waals surface area contributed by atoms with E-state index in [1.54, 1.807) is 0 Å². The fourth-order valence-corrected chi connectivity index (χ4v) is 1.82. The van der Waals surface area contributed by atoms with Gasteiger partial charge in [-0.2, -0.15) is 4.65 Å². The second-order valence-electron chi connectivity index (χ2n) is 4.19. The Morgan fingerprint density at radius 2 is 2.06 bits per heavy atom. The van der Waals surface area contributed by atoms with E-state index < -0.39 is 0 Å². The summed E-state index contributed by atoms with van der Waals surface area (Å²) in [6.45, 7) is 6.99. The molecular weight excluding hydrogens is 214 g/mol. The zero-order valence-electron chi connectivity index (χ0n) is 10.6. The van der Waals surface area contributed by atoms with E-state index in [1.807, 2.05) is 44.3 Å². The molecule has 1 aromatic rings. The van der Waals surface area contributed by atoms with E-state index in [0.717, 1.165) is 5.56 Å². The molecule has 0 aliphatic carbocycles. The van der Waals surface area contributed by atoms with E-state index in [4.69, 9.17) is 4.84 Å². The molecule has 0 amide bonds. The third-order valence-corrected chi connectivity index (χ3v) is 2.52. The summed E-state index contributed by atoms with van der Waals surface area (Å²) >= 11 is 0. The second kappa shape index (κ2) is 6.33. The molecule has 0 radical (unpaired) electrons. The quantitative estimate of drug-likeness (QED) is 0.411. The number of hydrogen-bond acceptors (Lipinski definition) is 2. The van der Waals surface area contributed by atoms with Gasteiger partial charge in [0.15, 0.2) is 6.54 Å². The highest BCUT2D eigenvalue weighted by Gasteiger charge is 2.26. The summed E-state index contributed by atoms with van der Waals surface area (Å²) in [5, 5.41) is 0. The number of rotatable bonds is 7. The van der Waals surface area contributed by atoms with Crippen LogP contribution in [0.4, 0.5) is 0 Å². The smallest absolute Gasteiger partial charge is 0.212 e. The Bertz CT molecular complexity index is 375. The van der Waals surface area contributed by atoms with Gasteiger partial charge in [-0.25, -0.2) is 4.84 Å². The van der Waals surface area contributed by atoms with Crippen LogP contribution in [0.25, 0.3) is 0 Å². The van der Waals surface area contributed by atoms with E-state index in [1.165, 1.54) is 6.08 Å². The van der Waals surface area contributed by atoms with Crippen molar-refractivity contribution in [3.05, 3.63) is 48.6 Å². The molecule has 3 heteroatoms. The van der Waals surface area contributed by atoms with Gasteiger partial charge < -0.3 is 0 Å². The highest BCUT2D eigenvalue weighted by atomic mass is 16.7. The summed E-state index contributed by atoms with van der Waals surface area (Å²) in [6.07, 6.45) is 1.35. The standard InChI is InChI=1S/C14H20NO2/c1-4-14(16)12-15(3,17-5-2)11-13-9-7-6-8-10-13/h4,6-10H,1,5,11-12H2,2-3H3/q+1. The summed E-state index contributed by atoms with van der Waals surface area (Å²) < 4.78 is 0.255. The Morgan fingerprint density at radius 3 is 2.59 bits per heavy atom. The van der Waals surface area contributed by atoms with Gasteiger partial charge in [0.1, 0.15) is 13.2 Å². The third kappa shape index (κ3) is 4.51. The first-order valence-corrected chi connectivity index (χ1v) is 5.78. The van der Waals surface area contributed by atoms with Crippen LogP contribution in [0.2, 0.25) is 0 Å². The van der Waals surface area contributed by atoms with Gasteiger partial charge in [-0.15, -0.1) is 0 Å². The van der Waals surface area contributed by atoms with Crippen molar-refractivity contribution in [1.29, 1.82) is 0 Å². The van der Waals surface area contributed by atoms with Crippen LogP contribution in [-0.4, -0.2) is 30.6 Å². The average molecular weight is 234 g/mol. The molecule has 1 aromatic carbocycles. The van der Waals surface area contributed by atoms with Crippen LogP contribution < -0.4 is 0 Å². The van der Waals surface area contributed by atoms with Crippen molar-refractivity contribution < 1.29 is 14.3 Å². The molecule has 1 unspecified atom stereocenters. The first kappa shape index (κ1) is 13.6. The molecule has 0 aliphatic rings. The number of hydroxylamine groups is 3. The molecule has 1 atom stereocenters. The molecule has 0 heterocycles. The first-order valence-electron chi connectivity index (χ1n) is 5.78. The van der Waals surface area contributed by atoms with E-state index in [2.05, 4.69) is 6.58 Å². The zero-order chi connectivity index (χ0) is 12.7. The minimum atomic E-state index is -0.00289. The molecule has 0 aromatic heterocycles. The maximum Gasteiger partial charge on any atom is 0.212 e. The molecule has 0 aliphatic heterocycles. The Kier molecular flexibility index (Phi) is 5.07. The predicted molar refractivity (Wildman–Crippen MR) is 68.0 cm³/mol. The molecule has 92 valence electrons. The number of carbonyl (C=O) groups excluding carboxylic acids is 1. The van der Waals surface area contributed by atoms with Crippen LogP contribution in [0.1, 0.15) is 12.5 Å². The van der Waals surface area contributed by atoms with Crippen LogP contribution in [-0.2, 0) is 16.2 Å². The lowest BCUT2D eigenvalue weighted by atomic mass is 10.2. The van der Waals surface area contributed by atoms with E-state index >= 15 is 0 Å². The predicted octanol–water partition coefficient (Wildman–Crippen LogP) is 2.34. The largest absolute Gasteiger partial charge is 0.288 e. The molecular formula is C14H20NO2+. The van der Waals surface area contributed by atoms with Crippen LogP contribution in [0.3, 0.4) is 0 Å².